The number of nitrogens with zero attached hydrogens (tertiary/aromatic N) is 3. The SMILES string of the molecule is COc1cc(C#N)c(C(=O)N2CCCCCC2)c([N+](=O)[O-])c1O. The maximum absolute atomic E-state index is 12.7. The lowest BCUT2D eigenvalue weighted by Gasteiger charge is -2.21. The predicted molar refractivity (Wildman–Crippen MR) is 80.4 cm³/mol. The first kappa shape index (κ1) is 16.5. The van der Waals surface area contributed by atoms with Crippen LogP contribution in [-0.2, 0) is 0 Å². The number of carbonyl (C=O) groups is 1. The molecule has 0 bridgehead atoms. The molecule has 122 valence electrons. The number of rotatable bonds is 3. The van der Waals surface area contributed by atoms with E-state index in [0.29, 0.717) is 13.1 Å². The number of benzene rings is 1. The second kappa shape index (κ2) is 6.96. The summed E-state index contributed by atoms with van der Waals surface area (Å²) < 4.78 is 4.85. The molecule has 1 aliphatic heterocycles. The standard InChI is InChI=1S/C15H17N3O5/c1-23-11-8-10(9-16)12(13(14(11)19)18(21)22)15(20)17-6-4-2-3-5-7-17/h8,19H,2-7H2,1H3. The molecule has 0 saturated carbocycles. The normalized spacial score (nSPS) is 14.7. The van der Waals surface area contributed by atoms with Crippen molar-refractivity contribution >= 4 is 11.6 Å². The van der Waals surface area contributed by atoms with E-state index in [1.54, 1.807) is 6.07 Å². The molecule has 1 saturated heterocycles. The van der Waals surface area contributed by atoms with Crippen LogP contribution in [0.25, 0.3) is 0 Å². The molecule has 23 heavy (non-hydrogen) atoms. The number of phenolic OH excluding ortho intramolecular Hbond substituents is 1. The Labute approximate surface area is 133 Å². The number of hydrogen-bond donors (Lipinski definition) is 1. The van der Waals surface area contributed by atoms with Crippen molar-refractivity contribution in [3.05, 3.63) is 27.3 Å². The van der Waals surface area contributed by atoms with E-state index in [-0.39, 0.29) is 16.9 Å². The third-order valence-electron chi connectivity index (χ3n) is 3.87. The molecule has 0 atom stereocenters. The second-order valence-electron chi connectivity index (χ2n) is 5.27. The zero-order chi connectivity index (χ0) is 17.0. The number of likely N-dealkylation sites (tertiary alicyclic amines) is 1. The minimum absolute atomic E-state index is 0.180. The molecule has 1 fully saturated rings. The first-order valence-electron chi connectivity index (χ1n) is 7.29. The van der Waals surface area contributed by atoms with Crippen LogP contribution in [0.5, 0.6) is 11.5 Å². The molecule has 8 nitrogen and oxygen atoms in total. The number of methoxy groups -OCH3 is 1. The molecule has 1 aliphatic rings. The Bertz CT molecular complexity index is 673. The van der Waals surface area contributed by atoms with Gasteiger partial charge in [-0.2, -0.15) is 5.26 Å². The molecule has 1 aromatic rings. The van der Waals surface area contributed by atoms with E-state index in [1.807, 2.05) is 0 Å². The van der Waals surface area contributed by atoms with Crippen molar-refractivity contribution in [1.82, 2.24) is 4.90 Å². The van der Waals surface area contributed by atoms with Crippen LogP contribution in [0.15, 0.2) is 6.07 Å². The first-order chi connectivity index (χ1) is 11.0. The quantitative estimate of drug-likeness (QED) is 0.674. The maximum atomic E-state index is 12.7. The van der Waals surface area contributed by atoms with Crippen molar-refractivity contribution in [1.29, 1.82) is 5.26 Å². The van der Waals surface area contributed by atoms with Gasteiger partial charge in [-0.1, -0.05) is 12.8 Å². The molecule has 2 rings (SSSR count). The van der Waals surface area contributed by atoms with Gasteiger partial charge in [0.15, 0.2) is 5.75 Å². The zero-order valence-electron chi connectivity index (χ0n) is 12.7. The zero-order valence-corrected chi connectivity index (χ0v) is 12.7. The molecule has 0 aromatic heterocycles. The molecule has 1 amide bonds. The highest BCUT2D eigenvalue weighted by Crippen LogP contribution is 2.41. The molecule has 1 N–H and O–H groups in total. The molecule has 1 heterocycles. The Kier molecular flexibility index (Phi) is 5.01. The number of nitriles is 1. The number of amides is 1. The van der Waals surface area contributed by atoms with Gasteiger partial charge < -0.3 is 14.7 Å². The van der Waals surface area contributed by atoms with Crippen LogP contribution in [0.1, 0.15) is 41.6 Å². The van der Waals surface area contributed by atoms with Crippen molar-refractivity contribution in [2.45, 2.75) is 25.7 Å². The fourth-order valence-electron chi connectivity index (χ4n) is 2.70. The fourth-order valence-corrected chi connectivity index (χ4v) is 2.70. The summed E-state index contributed by atoms with van der Waals surface area (Å²) in [4.78, 5) is 24.7. The summed E-state index contributed by atoms with van der Waals surface area (Å²) in [7, 11) is 1.22. The Balaban J connectivity index is 2.59. The van der Waals surface area contributed by atoms with E-state index >= 15 is 0 Å². The summed E-state index contributed by atoms with van der Waals surface area (Å²) in [5, 5.41) is 30.6. The summed E-state index contributed by atoms with van der Waals surface area (Å²) in [5.41, 5.74) is -1.34. The number of aromatic hydroxyl groups is 1. The van der Waals surface area contributed by atoms with Crippen LogP contribution in [0, 0.1) is 21.4 Å². The lowest BCUT2D eigenvalue weighted by Crippen LogP contribution is -2.33. The predicted octanol–water partition coefficient (Wildman–Crippen LogP) is 2.20. The highest BCUT2D eigenvalue weighted by atomic mass is 16.6. The highest BCUT2D eigenvalue weighted by Gasteiger charge is 2.34. The lowest BCUT2D eigenvalue weighted by molar-refractivity contribution is -0.386. The van der Waals surface area contributed by atoms with Crippen molar-refractivity contribution in [2.24, 2.45) is 0 Å². The summed E-state index contributed by atoms with van der Waals surface area (Å²) in [5.74, 6) is -1.55. The first-order valence-corrected chi connectivity index (χ1v) is 7.29. The van der Waals surface area contributed by atoms with Crippen molar-refractivity contribution < 1.29 is 19.6 Å². The van der Waals surface area contributed by atoms with E-state index in [4.69, 9.17) is 4.74 Å². The van der Waals surface area contributed by atoms with Gasteiger partial charge in [0.25, 0.3) is 5.91 Å². The molecule has 1 aromatic carbocycles. The van der Waals surface area contributed by atoms with E-state index < -0.39 is 22.3 Å². The summed E-state index contributed by atoms with van der Waals surface area (Å²) in [6.07, 6.45) is 3.60. The van der Waals surface area contributed by atoms with Crippen LogP contribution >= 0.6 is 0 Å². The molecule has 0 radical (unpaired) electrons. The van der Waals surface area contributed by atoms with Crippen molar-refractivity contribution in [3.8, 4) is 17.6 Å². The van der Waals surface area contributed by atoms with Gasteiger partial charge in [0.2, 0.25) is 5.75 Å². The third-order valence-corrected chi connectivity index (χ3v) is 3.87. The molecular formula is C15H17N3O5. The smallest absolute Gasteiger partial charge is 0.328 e. The Hall–Kier alpha value is -2.82. The number of hydrogen-bond acceptors (Lipinski definition) is 6. The lowest BCUT2D eigenvalue weighted by atomic mass is 10.0. The van der Waals surface area contributed by atoms with Gasteiger partial charge >= 0.3 is 5.69 Å². The summed E-state index contributed by atoms with van der Waals surface area (Å²) in [6, 6.07) is 2.93. The van der Waals surface area contributed by atoms with Crippen molar-refractivity contribution in [3.63, 3.8) is 0 Å². The van der Waals surface area contributed by atoms with Crippen LogP contribution in [0.3, 0.4) is 0 Å². The molecule has 8 heteroatoms. The number of carbonyl (C=O) groups excluding carboxylic acids is 1. The van der Waals surface area contributed by atoms with Crippen molar-refractivity contribution in [2.75, 3.05) is 20.2 Å². The average molecular weight is 319 g/mol. The molecular weight excluding hydrogens is 302 g/mol. The summed E-state index contributed by atoms with van der Waals surface area (Å²) >= 11 is 0. The van der Waals surface area contributed by atoms with Crippen LogP contribution in [0.2, 0.25) is 0 Å². The Morgan fingerprint density at radius 1 is 1.39 bits per heavy atom. The molecule has 0 spiro atoms. The van der Waals surface area contributed by atoms with Crippen LogP contribution < -0.4 is 4.74 Å². The minimum atomic E-state index is -0.857. The monoisotopic (exact) mass is 319 g/mol. The largest absolute Gasteiger partial charge is 0.499 e. The van der Waals surface area contributed by atoms with Gasteiger partial charge in [-0.05, 0) is 12.8 Å². The van der Waals surface area contributed by atoms with E-state index in [1.165, 1.54) is 12.0 Å². The van der Waals surface area contributed by atoms with E-state index in [2.05, 4.69) is 0 Å². The minimum Gasteiger partial charge on any atom is -0.499 e. The summed E-state index contributed by atoms with van der Waals surface area (Å²) in [6.45, 7) is 0.960. The molecule has 0 aliphatic carbocycles. The van der Waals surface area contributed by atoms with Gasteiger partial charge in [-0.25, -0.2) is 0 Å². The topological polar surface area (TPSA) is 117 Å². The number of nitro benzene ring substituents is 1. The van der Waals surface area contributed by atoms with Gasteiger partial charge in [0.05, 0.1) is 17.6 Å². The Morgan fingerprint density at radius 3 is 2.48 bits per heavy atom. The third kappa shape index (κ3) is 3.18. The van der Waals surface area contributed by atoms with E-state index in [9.17, 15) is 25.3 Å². The Morgan fingerprint density at radius 2 is 2.00 bits per heavy atom. The number of phenols is 1. The van der Waals surface area contributed by atoms with Crippen LogP contribution in [-0.4, -0.2) is 41.0 Å². The fraction of sp³-hybridized carbons (Fsp3) is 0.467. The molecule has 0 unspecified atom stereocenters. The maximum Gasteiger partial charge on any atom is 0.328 e. The van der Waals surface area contributed by atoms with Gasteiger partial charge in [-0.15, -0.1) is 0 Å². The number of ether oxygens (including phenoxy) is 1. The van der Waals surface area contributed by atoms with E-state index in [0.717, 1.165) is 31.7 Å². The average Bonchev–Trinajstić information content (AvgIpc) is 2.82. The van der Waals surface area contributed by atoms with Gasteiger partial charge in [0, 0.05) is 19.2 Å². The highest BCUT2D eigenvalue weighted by molar-refractivity contribution is 6.02. The second-order valence-corrected chi connectivity index (χ2v) is 5.27. The van der Waals surface area contributed by atoms with Crippen LogP contribution in [0.4, 0.5) is 5.69 Å². The number of nitro groups is 1. The van der Waals surface area contributed by atoms with Gasteiger partial charge in [0.1, 0.15) is 11.6 Å². The van der Waals surface area contributed by atoms with Gasteiger partial charge in [-0.3, -0.25) is 14.9 Å².